The fourth-order valence-corrected chi connectivity index (χ4v) is 7.89. The molecule has 0 bridgehead atoms. The van der Waals surface area contributed by atoms with E-state index in [2.05, 4.69) is 9.30 Å². The predicted octanol–water partition coefficient (Wildman–Crippen LogP) is 4.02. The van der Waals surface area contributed by atoms with Gasteiger partial charge in [0.25, 0.3) is 21.9 Å². The summed E-state index contributed by atoms with van der Waals surface area (Å²) < 4.78 is 74.3. The highest BCUT2D eigenvalue weighted by atomic mass is 32.2. The highest BCUT2D eigenvalue weighted by molar-refractivity contribution is 7.89. The molecule has 2 aromatic rings. The Morgan fingerprint density at radius 2 is 1.63 bits per heavy atom. The van der Waals surface area contributed by atoms with Gasteiger partial charge in [0, 0.05) is 41.0 Å². The molecule has 0 radical (unpaired) electrons. The number of hydroxylamine groups is 2. The van der Waals surface area contributed by atoms with E-state index >= 15 is 0 Å². The second-order valence-electron chi connectivity index (χ2n) is 11.8. The van der Waals surface area contributed by atoms with Crippen molar-refractivity contribution >= 4 is 48.9 Å². The highest BCUT2D eigenvalue weighted by Crippen LogP contribution is 2.42. The minimum Gasteiger partial charge on any atom is -0.456 e. The normalized spacial score (nSPS) is 14.5. The van der Waals surface area contributed by atoms with Crippen LogP contribution in [0.1, 0.15) is 58.4 Å². The third kappa shape index (κ3) is 7.44. The maximum absolute atomic E-state index is 13.7. The number of sulfonamides is 1. The molecule has 49 heavy (non-hydrogen) atoms. The number of unbranched alkanes of at least 4 members (excludes halogenated alkanes) is 1. The molecule has 1 saturated heterocycles. The minimum absolute atomic E-state index is 0.0275. The first kappa shape index (κ1) is 35.9. The number of carbonyl (C=O) groups is 3. The number of carbonyl (C=O) groups excluding carboxylic acids is 3. The van der Waals surface area contributed by atoms with Crippen LogP contribution in [0, 0.1) is 6.92 Å². The van der Waals surface area contributed by atoms with Crippen LogP contribution in [0.25, 0.3) is 33.4 Å². The number of hydrogen-bond acceptors (Lipinski definition) is 9. The number of aryl methyl sites for hydroxylation is 1. The predicted molar refractivity (Wildman–Crippen MR) is 180 cm³/mol. The Morgan fingerprint density at radius 3 is 2.27 bits per heavy atom. The largest absolute Gasteiger partial charge is 0.456 e. The molecule has 1 fully saturated rings. The van der Waals surface area contributed by atoms with E-state index in [4.69, 9.17) is 9.25 Å². The van der Waals surface area contributed by atoms with Crippen LogP contribution in [0.5, 0.6) is 0 Å². The maximum atomic E-state index is 13.7. The Bertz CT molecular complexity index is 2200. The smallest absolute Gasteiger partial charge is 0.350 e. The van der Waals surface area contributed by atoms with Gasteiger partial charge in [0.15, 0.2) is 0 Å². The van der Waals surface area contributed by atoms with Crippen molar-refractivity contribution in [1.82, 2.24) is 14.4 Å². The number of imide groups is 1. The number of nitrogens with one attached hydrogen (secondary N) is 1. The molecule has 15 heteroatoms. The van der Waals surface area contributed by atoms with Crippen LogP contribution in [0.3, 0.4) is 0 Å². The molecule has 0 aromatic heterocycles. The molecule has 2 heterocycles. The van der Waals surface area contributed by atoms with Crippen molar-refractivity contribution in [3.8, 4) is 22.5 Å². The second kappa shape index (κ2) is 14.2. The van der Waals surface area contributed by atoms with Crippen LogP contribution in [0.15, 0.2) is 68.8 Å². The van der Waals surface area contributed by atoms with E-state index in [1.54, 1.807) is 18.2 Å². The Kier molecular flexibility index (Phi) is 10.4. The van der Waals surface area contributed by atoms with E-state index in [1.807, 2.05) is 45.9 Å². The van der Waals surface area contributed by atoms with Gasteiger partial charge in [0.2, 0.25) is 15.4 Å². The molecule has 2 amide bonds. The van der Waals surface area contributed by atoms with Gasteiger partial charge < -0.3 is 9.25 Å². The summed E-state index contributed by atoms with van der Waals surface area (Å²) in [5.41, 5.74) is 2.29. The van der Waals surface area contributed by atoms with Gasteiger partial charge in [-0.2, -0.15) is 13.1 Å². The van der Waals surface area contributed by atoms with Crippen molar-refractivity contribution in [2.45, 2.75) is 75.6 Å². The Morgan fingerprint density at radius 1 is 0.959 bits per heavy atom. The molecular weight excluding hydrogens is 675 g/mol. The monoisotopic (exact) mass is 712 g/mol. The van der Waals surface area contributed by atoms with Crippen molar-refractivity contribution < 1.29 is 45.0 Å². The molecule has 1 aliphatic carbocycles. The lowest BCUT2D eigenvalue weighted by Gasteiger charge is -2.21. The summed E-state index contributed by atoms with van der Waals surface area (Å²) in [5.74, 6) is -2.17. The van der Waals surface area contributed by atoms with Gasteiger partial charge in [-0.1, -0.05) is 38.0 Å². The number of rotatable bonds is 12. The average molecular weight is 713 g/mol. The first-order valence-electron chi connectivity index (χ1n) is 16.0. The van der Waals surface area contributed by atoms with Gasteiger partial charge in [-0.25, -0.2) is 17.8 Å². The van der Waals surface area contributed by atoms with Crippen molar-refractivity contribution in [2.75, 3.05) is 13.1 Å². The third-order valence-electron chi connectivity index (χ3n) is 8.42. The second-order valence-corrected chi connectivity index (χ2v) is 14.9. The average Bonchev–Trinajstić information content (AvgIpc) is 3.37. The van der Waals surface area contributed by atoms with Gasteiger partial charge in [-0.05, 0) is 57.0 Å². The maximum Gasteiger partial charge on any atom is 0.350 e. The Balaban J connectivity index is 1.64. The van der Waals surface area contributed by atoms with E-state index < -0.39 is 53.8 Å². The molecule has 1 unspecified atom stereocenters. The lowest BCUT2D eigenvalue weighted by atomic mass is 9.93. The van der Waals surface area contributed by atoms with E-state index in [-0.39, 0.29) is 24.8 Å². The molecule has 2 aromatic carbocycles. The van der Waals surface area contributed by atoms with Gasteiger partial charge in [-0.3, -0.25) is 14.1 Å². The van der Waals surface area contributed by atoms with Crippen molar-refractivity contribution in [1.29, 1.82) is 0 Å². The van der Waals surface area contributed by atoms with Crippen LogP contribution in [-0.4, -0.2) is 63.4 Å². The lowest BCUT2D eigenvalue weighted by molar-refractivity contribution is -0.198. The molecule has 0 spiro atoms. The summed E-state index contributed by atoms with van der Waals surface area (Å²) in [4.78, 5) is 40.7. The molecule has 2 N–H and O–H groups in total. The van der Waals surface area contributed by atoms with Gasteiger partial charge in [0.05, 0.1) is 11.0 Å². The van der Waals surface area contributed by atoms with Crippen molar-refractivity contribution in [3.63, 3.8) is 0 Å². The molecule has 1 atom stereocenters. The van der Waals surface area contributed by atoms with Crippen LogP contribution in [0.4, 0.5) is 0 Å². The van der Waals surface area contributed by atoms with E-state index in [0.29, 0.717) is 45.8 Å². The number of amides is 2. The van der Waals surface area contributed by atoms with Crippen LogP contribution < -0.4 is 14.7 Å². The molecule has 5 rings (SSSR count). The molecule has 2 aliphatic heterocycles. The van der Waals surface area contributed by atoms with E-state index in [0.717, 1.165) is 30.1 Å². The SMILES string of the molecule is CCCCC(NS(=O)(=O)c1ccc(-c2c3ccc(=[N+](CC)CC)cc-3oc3cc(C)ccc23)c(S(=O)(=O)O)c1)C(=O)ON1C(=O)CCC1=O. The first-order chi connectivity index (χ1) is 23.2. The number of hydrogen-bond donors (Lipinski definition) is 2. The topological polar surface area (TPSA) is 180 Å². The van der Waals surface area contributed by atoms with E-state index in [9.17, 15) is 35.8 Å². The summed E-state index contributed by atoms with van der Waals surface area (Å²) >= 11 is 0. The minimum atomic E-state index is -5.03. The van der Waals surface area contributed by atoms with Crippen LogP contribution in [0.2, 0.25) is 0 Å². The fourth-order valence-electron chi connectivity index (χ4n) is 5.85. The third-order valence-corrected chi connectivity index (χ3v) is 10.8. The molecular formula is C34H38N3O10S2+. The van der Waals surface area contributed by atoms with Crippen LogP contribution in [-0.2, 0) is 39.4 Å². The van der Waals surface area contributed by atoms with Gasteiger partial charge >= 0.3 is 5.97 Å². The molecule has 0 saturated carbocycles. The summed E-state index contributed by atoms with van der Waals surface area (Å²) in [6.45, 7) is 9.22. The summed E-state index contributed by atoms with van der Waals surface area (Å²) in [7, 11) is -9.66. The first-order valence-corrected chi connectivity index (χ1v) is 18.9. The van der Waals surface area contributed by atoms with Gasteiger partial charge in [0.1, 0.15) is 35.4 Å². The number of benzene rings is 3. The zero-order valence-corrected chi connectivity index (χ0v) is 29.2. The summed E-state index contributed by atoms with van der Waals surface area (Å²) in [6.07, 6.45) is 0.649. The molecule has 260 valence electrons. The molecule has 3 aliphatic rings. The fraction of sp³-hybridized carbons (Fsp3) is 0.353. The van der Waals surface area contributed by atoms with E-state index in [1.165, 1.54) is 12.1 Å². The zero-order chi connectivity index (χ0) is 35.7. The van der Waals surface area contributed by atoms with Crippen molar-refractivity contribution in [3.05, 3.63) is 65.5 Å². The number of fused-ring (bicyclic) bond motifs is 2. The lowest BCUT2D eigenvalue weighted by Crippen LogP contribution is -2.45. The number of nitrogens with zero attached hydrogens (tertiary/aromatic N) is 2. The van der Waals surface area contributed by atoms with Crippen molar-refractivity contribution in [2.24, 2.45) is 0 Å². The quantitative estimate of drug-likeness (QED) is 0.0943. The summed E-state index contributed by atoms with van der Waals surface area (Å²) in [6, 6.07) is 12.7. The van der Waals surface area contributed by atoms with Crippen LogP contribution >= 0.6 is 0 Å². The Labute approximate surface area is 284 Å². The van der Waals surface area contributed by atoms with Gasteiger partial charge in [-0.15, -0.1) is 5.06 Å². The zero-order valence-electron chi connectivity index (χ0n) is 27.6. The highest BCUT2D eigenvalue weighted by Gasteiger charge is 2.36. The molecule has 13 nitrogen and oxygen atoms in total. The Hall–Kier alpha value is -4.44. The standard InChI is InChI=1S/C34H37N3O10S2/c1-5-8-9-27(34(40)47-37-31(38)16-17-32(37)39)35-48(41,42)23-12-15-26(30(20-23)49(43,44)45)33-24-13-10-21(4)18-28(24)46-29-19-22(11-14-25(29)33)36(6-2)7-3/h10-15,18-20,27,35H,5-9,16-17H2,1-4H3/p+1. The summed E-state index contributed by atoms with van der Waals surface area (Å²) in [5, 5.41) is 1.74.